The fraction of sp³-hybridized carbons (Fsp3) is 0.394. The van der Waals surface area contributed by atoms with E-state index < -0.39 is 0 Å². The minimum absolute atomic E-state index is 0.695. The molecule has 0 bridgehead atoms. The summed E-state index contributed by atoms with van der Waals surface area (Å²) in [7, 11) is 0. The lowest BCUT2D eigenvalue weighted by Gasteiger charge is -2.28. The first kappa shape index (κ1) is 24.5. The molecule has 0 heterocycles. The van der Waals surface area contributed by atoms with Crippen molar-refractivity contribution >= 4 is 0 Å². The number of benzene rings is 3. The fourth-order valence-corrected chi connectivity index (χ4v) is 5.21. The summed E-state index contributed by atoms with van der Waals surface area (Å²) in [5.41, 5.74) is 7.85. The van der Waals surface area contributed by atoms with Crippen LogP contribution in [0.3, 0.4) is 0 Å². The van der Waals surface area contributed by atoms with Crippen molar-refractivity contribution in [3.63, 3.8) is 0 Å². The Hall–Kier alpha value is -2.64. The molecule has 1 aliphatic rings. The summed E-state index contributed by atoms with van der Waals surface area (Å²) in [5.74, 6) is 1.67. The molecule has 0 aliphatic heterocycles. The summed E-state index contributed by atoms with van der Waals surface area (Å²) in [6.07, 6.45) is 13.6. The number of allylic oxidation sites excluding steroid dienone is 2. The standard InChI is InChI=1S/C33H40O/c1-3-5-6-7-26-8-12-28(13-9-26)30-16-20-32(21-17-30)33-22-18-31(19-23-33)29-14-10-27(11-15-29)25-34-24-4-2/h3,5,10-11,14-23,26,28H,4,6-9,12-13,24-25H2,1-2H3/t26-,28-. The number of hydrogen-bond donors (Lipinski definition) is 0. The lowest BCUT2D eigenvalue weighted by molar-refractivity contribution is 0.121. The van der Waals surface area contributed by atoms with Gasteiger partial charge in [-0.3, -0.25) is 0 Å². The van der Waals surface area contributed by atoms with E-state index in [4.69, 9.17) is 4.74 Å². The summed E-state index contributed by atoms with van der Waals surface area (Å²) in [6.45, 7) is 5.78. The number of rotatable bonds is 10. The molecule has 0 amide bonds. The van der Waals surface area contributed by atoms with Crippen LogP contribution >= 0.6 is 0 Å². The molecule has 3 aromatic carbocycles. The van der Waals surface area contributed by atoms with Crippen LogP contribution in [0.1, 0.15) is 75.8 Å². The van der Waals surface area contributed by atoms with Crippen molar-refractivity contribution in [2.24, 2.45) is 5.92 Å². The molecule has 1 heteroatoms. The van der Waals surface area contributed by atoms with Crippen LogP contribution in [0.15, 0.2) is 84.9 Å². The van der Waals surface area contributed by atoms with Crippen molar-refractivity contribution in [3.05, 3.63) is 96.1 Å². The molecule has 0 atom stereocenters. The summed E-state index contributed by atoms with van der Waals surface area (Å²) < 4.78 is 5.65. The van der Waals surface area contributed by atoms with Crippen molar-refractivity contribution in [1.82, 2.24) is 0 Å². The molecule has 1 nitrogen and oxygen atoms in total. The van der Waals surface area contributed by atoms with Gasteiger partial charge in [0.15, 0.2) is 0 Å². The van der Waals surface area contributed by atoms with E-state index in [1.54, 1.807) is 0 Å². The van der Waals surface area contributed by atoms with Crippen molar-refractivity contribution in [1.29, 1.82) is 0 Å². The molecule has 178 valence electrons. The highest BCUT2D eigenvalue weighted by molar-refractivity contribution is 5.70. The average molecular weight is 453 g/mol. The highest BCUT2D eigenvalue weighted by Gasteiger charge is 2.21. The van der Waals surface area contributed by atoms with E-state index in [1.807, 2.05) is 0 Å². The Bertz CT molecular complexity index is 1000. The third kappa shape index (κ3) is 6.70. The van der Waals surface area contributed by atoms with Crippen LogP contribution < -0.4 is 0 Å². The zero-order valence-electron chi connectivity index (χ0n) is 21.0. The first-order chi connectivity index (χ1) is 16.8. The van der Waals surface area contributed by atoms with Gasteiger partial charge in [-0.2, -0.15) is 0 Å². The maximum Gasteiger partial charge on any atom is 0.0716 e. The first-order valence-corrected chi connectivity index (χ1v) is 13.3. The quantitative estimate of drug-likeness (QED) is 0.220. The molecule has 0 spiro atoms. The van der Waals surface area contributed by atoms with Crippen molar-refractivity contribution in [2.45, 2.75) is 71.3 Å². The fourth-order valence-electron chi connectivity index (χ4n) is 5.21. The molecular formula is C33H40O. The summed E-state index contributed by atoms with van der Waals surface area (Å²) in [4.78, 5) is 0. The van der Waals surface area contributed by atoms with E-state index in [-0.39, 0.29) is 0 Å². The van der Waals surface area contributed by atoms with Crippen LogP contribution in [0, 0.1) is 5.92 Å². The SMILES string of the molecule is CC=CCC[C@H]1CC[C@H](c2ccc(-c3ccc(-c4ccc(COCCC)cc4)cc3)cc2)CC1. The van der Waals surface area contributed by atoms with Gasteiger partial charge in [-0.25, -0.2) is 0 Å². The van der Waals surface area contributed by atoms with E-state index in [9.17, 15) is 0 Å². The molecule has 0 unspecified atom stereocenters. The van der Waals surface area contributed by atoms with Crippen LogP contribution in [0.4, 0.5) is 0 Å². The summed E-state index contributed by atoms with van der Waals surface area (Å²) in [6, 6.07) is 27.1. The second kappa shape index (κ2) is 12.7. The minimum Gasteiger partial charge on any atom is -0.377 e. The molecule has 4 rings (SSSR count). The van der Waals surface area contributed by atoms with Crippen LogP contribution in [0.25, 0.3) is 22.3 Å². The number of hydrogen-bond acceptors (Lipinski definition) is 1. The first-order valence-electron chi connectivity index (χ1n) is 13.3. The smallest absolute Gasteiger partial charge is 0.0716 e. The van der Waals surface area contributed by atoms with Gasteiger partial charge in [-0.05, 0) is 97.1 Å². The molecule has 0 aromatic heterocycles. The number of ether oxygens (including phenoxy) is 1. The van der Waals surface area contributed by atoms with Gasteiger partial charge in [0.25, 0.3) is 0 Å². The highest BCUT2D eigenvalue weighted by Crippen LogP contribution is 2.38. The predicted molar refractivity (Wildman–Crippen MR) is 146 cm³/mol. The van der Waals surface area contributed by atoms with Gasteiger partial charge in [-0.15, -0.1) is 0 Å². The molecule has 34 heavy (non-hydrogen) atoms. The monoisotopic (exact) mass is 452 g/mol. The van der Waals surface area contributed by atoms with E-state index >= 15 is 0 Å². The van der Waals surface area contributed by atoms with Crippen LogP contribution in [0.5, 0.6) is 0 Å². The van der Waals surface area contributed by atoms with Gasteiger partial charge in [0.1, 0.15) is 0 Å². The van der Waals surface area contributed by atoms with Gasteiger partial charge >= 0.3 is 0 Å². The Labute approximate surface area is 206 Å². The third-order valence-corrected chi connectivity index (χ3v) is 7.33. The molecule has 1 fully saturated rings. The van der Waals surface area contributed by atoms with Crippen molar-refractivity contribution in [2.75, 3.05) is 6.61 Å². The minimum atomic E-state index is 0.695. The Kier molecular flexibility index (Phi) is 9.16. The molecule has 0 radical (unpaired) electrons. The summed E-state index contributed by atoms with van der Waals surface area (Å²) >= 11 is 0. The predicted octanol–water partition coefficient (Wildman–Crippen LogP) is 9.58. The molecule has 1 saturated carbocycles. The Morgan fingerprint density at radius 1 is 0.735 bits per heavy atom. The second-order valence-electron chi connectivity index (χ2n) is 9.81. The largest absolute Gasteiger partial charge is 0.377 e. The van der Waals surface area contributed by atoms with Gasteiger partial charge in [-0.1, -0.05) is 91.9 Å². The highest BCUT2D eigenvalue weighted by atomic mass is 16.5. The van der Waals surface area contributed by atoms with Gasteiger partial charge < -0.3 is 4.74 Å². The van der Waals surface area contributed by atoms with E-state index in [2.05, 4.69) is 98.8 Å². The maximum atomic E-state index is 5.65. The molecular weight excluding hydrogens is 412 g/mol. The van der Waals surface area contributed by atoms with Gasteiger partial charge in [0.05, 0.1) is 6.61 Å². The lowest BCUT2D eigenvalue weighted by Crippen LogP contribution is -2.13. The normalized spacial score (nSPS) is 18.4. The maximum absolute atomic E-state index is 5.65. The Morgan fingerprint density at radius 3 is 1.79 bits per heavy atom. The zero-order valence-corrected chi connectivity index (χ0v) is 21.0. The van der Waals surface area contributed by atoms with Crippen LogP contribution in [-0.2, 0) is 11.3 Å². The topological polar surface area (TPSA) is 9.23 Å². The Balaban J connectivity index is 1.33. The Morgan fingerprint density at radius 2 is 1.26 bits per heavy atom. The zero-order chi connectivity index (χ0) is 23.6. The lowest BCUT2D eigenvalue weighted by atomic mass is 9.77. The molecule has 3 aromatic rings. The van der Waals surface area contributed by atoms with Crippen molar-refractivity contribution in [3.8, 4) is 22.3 Å². The van der Waals surface area contributed by atoms with Gasteiger partial charge in [0, 0.05) is 6.61 Å². The third-order valence-electron chi connectivity index (χ3n) is 7.33. The second-order valence-corrected chi connectivity index (χ2v) is 9.81. The van der Waals surface area contributed by atoms with Crippen LogP contribution in [0.2, 0.25) is 0 Å². The van der Waals surface area contributed by atoms with Crippen LogP contribution in [-0.4, -0.2) is 6.61 Å². The van der Waals surface area contributed by atoms with E-state index in [0.717, 1.165) is 24.9 Å². The van der Waals surface area contributed by atoms with E-state index in [0.29, 0.717) is 6.61 Å². The molecule has 0 saturated heterocycles. The van der Waals surface area contributed by atoms with Gasteiger partial charge in [0.2, 0.25) is 0 Å². The average Bonchev–Trinajstić information content (AvgIpc) is 2.90. The van der Waals surface area contributed by atoms with E-state index in [1.165, 1.54) is 71.9 Å². The molecule has 1 aliphatic carbocycles. The summed E-state index contributed by atoms with van der Waals surface area (Å²) in [5, 5.41) is 0. The molecule has 0 N–H and O–H groups in total. The van der Waals surface area contributed by atoms with Crippen molar-refractivity contribution < 1.29 is 4.74 Å².